The molecule has 3 amide bonds. The van der Waals surface area contributed by atoms with Crippen LogP contribution in [0.3, 0.4) is 0 Å². The highest BCUT2D eigenvalue weighted by Gasteiger charge is 2.49. The molecule has 0 unspecified atom stereocenters. The van der Waals surface area contributed by atoms with Gasteiger partial charge >= 0.3 is 0 Å². The highest BCUT2D eigenvalue weighted by atomic mass is 19.3. The lowest BCUT2D eigenvalue weighted by Gasteiger charge is -2.43. The Morgan fingerprint density at radius 1 is 1.23 bits per heavy atom. The van der Waals surface area contributed by atoms with Crippen molar-refractivity contribution in [2.45, 2.75) is 44.7 Å². The topological polar surface area (TPSA) is 151 Å². The number of benzene rings is 1. The lowest BCUT2D eigenvalue weighted by molar-refractivity contribution is -0.141. The van der Waals surface area contributed by atoms with Crippen LogP contribution in [0.2, 0.25) is 0 Å². The number of nitrogens with one attached hydrogen (secondary N) is 3. The summed E-state index contributed by atoms with van der Waals surface area (Å²) in [5.41, 5.74) is 3.27. The number of halogens is 3. The predicted octanol–water partition coefficient (Wildman–Crippen LogP) is 1.68. The maximum absolute atomic E-state index is 13.8. The summed E-state index contributed by atoms with van der Waals surface area (Å²) in [6, 6.07) is 8.93. The van der Waals surface area contributed by atoms with Crippen LogP contribution in [-0.2, 0) is 20.8 Å². The number of nitrogens with two attached hydrogens (primary N) is 1. The van der Waals surface area contributed by atoms with E-state index in [2.05, 4.69) is 15.6 Å². The zero-order valence-corrected chi connectivity index (χ0v) is 22.3. The van der Waals surface area contributed by atoms with Gasteiger partial charge in [-0.15, -0.1) is 0 Å². The van der Waals surface area contributed by atoms with Crippen LogP contribution in [0.25, 0.3) is 0 Å². The maximum Gasteiger partial charge on any atom is 0.255 e. The number of hydrogen-bond acceptors (Lipinski definition) is 7. The molecule has 2 heterocycles. The summed E-state index contributed by atoms with van der Waals surface area (Å²) in [5, 5.41) is 13.4. The normalized spacial score (nSPS) is 18.3. The van der Waals surface area contributed by atoms with Gasteiger partial charge in [0.1, 0.15) is 29.6 Å². The first-order valence-electron chi connectivity index (χ1n) is 12.6. The summed E-state index contributed by atoms with van der Waals surface area (Å²) in [7, 11) is 0. The van der Waals surface area contributed by atoms with E-state index in [1.54, 1.807) is 18.2 Å². The number of nitrogens with zero attached hydrogens (tertiary/aromatic N) is 2. The van der Waals surface area contributed by atoms with E-state index >= 15 is 0 Å². The van der Waals surface area contributed by atoms with Crippen molar-refractivity contribution in [1.29, 1.82) is 5.41 Å². The van der Waals surface area contributed by atoms with Crippen molar-refractivity contribution in [3.63, 3.8) is 0 Å². The highest BCUT2D eigenvalue weighted by molar-refractivity contribution is 6.09. The number of hydrogen-bond donors (Lipinski definition) is 4. The number of aromatic nitrogens is 1. The molecule has 1 fully saturated rings. The van der Waals surface area contributed by atoms with Gasteiger partial charge in [-0.1, -0.05) is 12.1 Å². The predicted molar refractivity (Wildman–Crippen MR) is 140 cm³/mol. The number of carbonyl (C=O) groups excluding carboxylic acids is 3. The number of rotatable bonds is 11. The van der Waals surface area contributed by atoms with Crippen LogP contribution in [0.1, 0.15) is 26.0 Å². The molecule has 13 heteroatoms. The van der Waals surface area contributed by atoms with Crippen molar-refractivity contribution in [1.82, 2.24) is 20.5 Å². The minimum atomic E-state index is -2.81. The summed E-state index contributed by atoms with van der Waals surface area (Å²) >= 11 is 0. The van der Waals surface area contributed by atoms with Crippen LogP contribution in [0.4, 0.5) is 13.2 Å². The summed E-state index contributed by atoms with van der Waals surface area (Å²) in [6.45, 7) is 1.30. The lowest BCUT2D eigenvalue weighted by Crippen LogP contribution is -2.63. The molecule has 0 radical (unpaired) electrons. The van der Waals surface area contributed by atoms with E-state index in [0.717, 1.165) is 6.07 Å². The Morgan fingerprint density at radius 3 is 2.60 bits per heavy atom. The van der Waals surface area contributed by atoms with Gasteiger partial charge in [0, 0.05) is 49.6 Å². The molecule has 1 aliphatic rings. The van der Waals surface area contributed by atoms with Gasteiger partial charge in [-0.2, -0.15) is 0 Å². The van der Waals surface area contributed by atoms with E-state index < -0.39 is 53.5 Å². The molecule has 0 bridgehead atoms. The van der Waals surface area contributed by atoms with Gasteiger partial charge in [-0.25, -0.2) is 13.2 Å². The van der Waals surface area contributed by atoms with Crippen molar-refractivity contribution in [2.24, 2.45) is 11.1 Å². The smallest absolute Gasteiger partial charge is 0.255 e. The van der Waals surface area contributed by atoms with E-state index in [1.807, 2.05) is 0 Å². The number of piperidine rings is 1. The van der Waals surface area contributed by atoms with Crippen LogP contribution in [0.5, 0.6) is 5.75 Å². The summed E-state index contributed by atoms with van der Waals surface area (Å²) in [6.07, 6.45) is -1.45. The first kappa shape index (κ1) is 30.5. The van der Waals surface area contributed by atoms with E-state index in [9.17, 15) is 27.6 Å². The number of carbonyl (C=O) groups is 3. The number of pyridine rings is 1. The van der Waals surface area contributed by atoms with E-state index in [0.29, 0.717) is 5.69 Å². The van der Waals surface area contributed by atoms with E-state index in [-0.39, 0.29) is 44.0 Å². The fourth-order valence-electron chi connectivity index (χ4n) is 4.25. The fourth-order valence-corrected chi connectivity index (χ4v) is 4.25. The largest absolute Gasteiger partial charge is 0.491 e. The van der Waals surface area contributed by atoms with E-state index in [4.69, 9.17) is 15.9 Å². The molecule has 2 aromatic rings. The van der Waals surface area contributed by atoms with Gasteiger partial charge in [0.15, 0.2) is 0 Å². The third kappa shape index (κ3) is 7.78. The van der Waals surface area contributed by atoms with Crippen LogP contribution >= 0.6 is 0 Å². The highest BCUT2D eigenvalue weighted by Crippen LogP contribution is 2.32. The second kappa shape index (κ2) is 12.9. The molecule has 216 valence electrons. The van der Waals surface area contributed by atoms with Crippen molar-refractivity contribution >= 4 is 23.4 Å². The average Bonchev–Trinajstić information content (AvgIpc) is 2.90. The molecule has 1 aliphatic heterocycles. The molecule has 0 spiro atoms. The summed E-state index contributed by atoms with van der Waals surface area (Å²) in [4.78, 5) is 45.3. The molecule has 10 nitrogen and oxygen atoms in total. The zero-order valence-electron chi connectivity index (χ0n) is 22.3. The van der Waals surface area contributed by atoms with Crippen molar-refractivity contribution in [3.05, 3.63) is 60.2 Å². The second-order valence-corrected chi connectivity index (χ2v) is 10.2. The van der Waals surface area contributed by atoms with Gasteiger partial charge in [-0.3, -0.25) is 19.4 Å². The van der Waals surface area contributed by atoms with Crippen LogP contribution in [0, 0.1) is 16.6 Å². The monoisotopic (exact) mass is 562 g/mol. The lowest BCUT2D eigenvalue weighted by atomic mass is 9.73. The third-order valence-electron chi connectivity index (χ3n) is 6.44. The molecular formula is C27H33F3N6O4. The van der Waals surface area contributed by atoms with Crippen molar-refractivity contribution < 1.29 is 32.3 Å². The molecule has 5 N–H and O–H groups in total. The molecule has 1 aromatic carbocycles. The van der Waals surface area contributed by atoms with Crippen LogP contribution in [0.15, 0.2) is 48.7 Å². The molecule has 2 atom stereocenters. The number of amides is 3. The molecular weight excluding hydrogens is 529 g/mol. The second-order valence-electron chi connectivity index (χ2n) is 10.2. The fraction of sp³-hybridized carbons (Fsp3) is 0.444. The van der Waals surface area contributed by atoms with Gasteiger partial charge in [0.05, 0.1) is 12.1 Å². The molecule has 1 saturated heterocycles. The van der Waals surface area contributed by atoms with Gasteiger partial charge in [0.2, 0.25) is 17.7 Å². The minimum Gasteiger partial charge on any atom is -0.491 e. The Labute approximate surface area is 230 Å². The van der Waals surface area contributed by atoms with Crippen molar-refractivity contribution in [3.8, 4) is 5.75 Å². The van der Waals surface area contributed by atoms with Gasteiger partial charge in [-0.05, 0) is 38.1 Å². The molecule has 3 rings (SSSR count). The Bertz CT molecular complexity index is 1220. The SMILES string of the molecule is CC(C)(N)C(=O)N[C@H](COc1cccc(F)c1)C(=O)N1CCC(=N)[C@](Cc2ccccn2)(C(=O)NCC(F)F)C1. The molecule has 1 aromatic heterocycles. The Kier molecular flexibility index (Phi) is 9.85. The van der Waals surface area contributed by atoms with Crippen LogP contribution < -0.4 is 21.1 Å². The maximum atomic E-state index is 13.8. The Balaban J connectivity index is 1.91. The number of ether oxygens (including phenoxy) is 1. The summed E-state index contributed by atoms with van der Waals surface area (Å²) < 4.78 is 45.2. The first-order chi connectivity index (χ1) is 18.8. The standard InChI is InChI=1S/C27H33F3N6O4/c1-26(2,32)24(38)35-20(15-40-19-8-5-6-17(28)12-19)23(37)36-11-9-21(31)27(16-36,25(39)34-14-22(29)30)13-18-7-3-4-10-33-18/h3-8,10,12,20,22,31H,9,11,13-16,32H2,1-2H3,(H,34,39)(H,35,38)/t20-,27-/m1/s1. The van der Waals surface area contributed by atoms with Crippen molar-refractivity contribution in [2.75, 3.05) is 26.2 Å². The van der Waals surface area contributed by atoms with Gasteiger partial charge in [0.25, 0.3) is 6.43 Å². The Hall–Kier alpha value is -4.00. The van der Waals surface area contributed by atoms with E-state index in [1.165, 1.54) is 43.1 Å². The molecule has 0 saturated carbocycles. The minimum absolute atomic E-state index is 0.0194. The Morgan fingerprint density at radius 2 is 1.98 bits per heavy atom. The van der Waals surface area contributed by atoms with Gasteiger partial charge < -0.3 is 31.4 Å². The number of alkyl halides is 2. The average molecular weight is 563 g/mol. The molecule has 40 heavy (non-hydrogen) atoms. The number of likely N-dealkylation sites (tertiary alicyclic amines) is 1. The van der Waals surface area contributed by atoms with Crippen LogP contribution in [-0.4, -0.2) is 77.6 Å². The quantitative estimate of drug-likeness (QED) is 0.327. The zero-order chi connectivity index (χ0) is 29.5. The molecule has 0 aliphatic carbocycles. The third-order valence-corrected chi connectivity index (χ3v) is 6.44. The summed E-state index contributed by atoms with van der Waals surface area (Å²) in [5.74, 6) is -2.58. The first-order valence-corrected chi connectivity index (χ1v) is 12.6.